The molecule has 0 saturated heterocycles. The third-order valence-corrected chi connectivity index (χ3v) is 7.14. The van der Waals surface area contributed by atoms with Crippen LogP contribution in [0.5, 0.6) is 0 Å². The monoisotopic (exact) mass is 515 g/mol. The lowest BCUT2D eigenvalue weighted by Crippen LogP contribution is -2.46. The van der Waals surface area contributed by atoms with Crippen molar-refractivity contribution >= 4 is 33.2 Å². The number of hydrogen-bond acceptors (Lipinski definition) is 5. The lowest BCUT2D eigenvalue weighted by Gasteiger charge is -2.26. The maximum absolute atomic E-state index is 14.6. The van der Waals surface area contributed by atoms with Crippen LogP contribution < -0.4 is 9.62 Å². The van der Waals surface area contributed by atoms with Crippen LogP contribution in [0.2, 0.25) is 5.02 Å². The minimum Gasteiger partial charge on any atom is -0.394 e. The molecule has 3 aromatic rings. The van der Waals surface area contributed by atoms with Crippen LogP contribution in [0.1, 0.15) is 35.3 Å². The summed E-state index contributed by atoms with van der Waals surface area (Å²) in [5.74, 6) is -1.66. The fourth-order valence-corrected chi connectivity index (χ4v) is 4.80. The van der Waals surface area contributed by atoms with Crippen molar-refractivity contribution in [3.63, 3.8) is 0 Å². The summed E-state index contributed by atoms with van der Waals surface area (Å²) in [4.78, 5) is 12.6. The molecule has 0 aromatic heterocycles. The molecule has 0 bridgehead atoms. The van der Waals surface area contributed by atoms with Crippen LogP contribution in [-0.2, 0) is 16.6 Å². The lowest BCUT2D eigenvalue weighted by molar-refractivity contribution is 0.0865. The van der Waals surface area contributed by atoms with Gasteiger partial charge in [0.25, 0.3) is 15.9 Å². The molecule has 182 valence electrons. The standard InChI is InChI=1S/C25H23ClFN3O4S/c1-25(2,16-31)29-24(32)22-13-20(10-11-23(22)27)30(15-17-6-8-19(26)9-7-17)35(33,34)21-5-3-4-18(12-21)14-28/h3-13,31H,15-16H2,1-2H3,(H,29,32). The van der Waals surface area contributed by atoms with Gasteiger partial charge in [-0.3, -0.25) is 9.10 Å². The molecule has 35 heavy (non-hydrogen) atoms. The second-order valence-electron chi connectivity index (χ2n) is 8.44. The minimum atomic E-state index is -4.24. The van der Waals surface area contributed by atoms with Crippen LogP contribution in [0.15, 0.2) is 71.6 Å². The number of benzene rings is 3. The van der Waals surface area contributed by atoms with Gasteiger partial charge in [-0.2, -0.15) is 5.26 Å². The quantitative estimate of drug-likeness (QED) is 0.466. The summed E-state index contributed by atoms with van der Waals surface area (Å²) in [6.07, 6.45) is 0. The first-order valence-electron chi connectivity index (χ1n) is 10.5. The SMILES string of the molecule is CC(C)(CO)NC(=O)c1cc(N(Cc2ccc(Cl)cc2)S(=O)(=O)c2cccc(C#N)c2)ccc1F. The van der Waals surface area contributed by atoms with E-state index in [0.29, 0.717) is 10.6 Å². The largest absolute Gasteiger partial charge is 0.394 e. The normalized spacial score (nSPS) is 11.5. The maximum Gasteiger partial charge on any atom is 0.264 e. The number of carbonyl (C=O) groups is 1. The van der Waals surface area contributed by atoms with Crippen molar-refractivity contribution in [1.29, 1.82) is 5.26 Å². The third kappa shape index (κ3) is 6.17. The van der Waals surface area contributed by atoms with Crippen molar-refractivity contribution in [2.75, 3.05) is 10.9 Å². The van der Waals surface area contributed by atoms with Gasteiger partial charge in [0.1, 0.15) is 5.82 Å². The molecule has 0 radical (unpaired) electrons. The average molecular weight is 516 g/mol. The van der Waals surface area contributed by atoms with Crippen LogP contribution in [-0.4, -0.2) is 31.6 Å². The highest BCUT2D eigenvalue weighted by atomic mass is 35.5. The second-order valence-corrected chi connectivity index (χ2v) is 10.7. The zero-order valence-electron chi connectivity index (χ0n) is 19.0. The molecule has 1 amide bonds. The molecule has 0 unspecified atom stereocenters. The van der Waals surface area contributed by atoms with E-state index in [1.54, 1.807) is 38.1 Å². The average Bonchev–Trinajstić information content (AvgIpc) is 2.83. The van der Waals surface area contributed by atoms with Gasteiger partial charge < -0.3 is 10.4 Å². The van der Waals surface area contributed by atoms with Gasteiger partial charge in [0, 0.05) is 5.02 Å². The molecular formula is C25H23ClFN3O4S. The second kappa shape index (κ2) is 10.4. The third-order valence-electron chi connectivity index (χ3n) is 5.12. The lowest BCUT2D eigenvalue weighted by atomic mass is 10.1. The van der Waals surface area contributed by atoms with E-state index in [1.807, 2.05) is 6.07 Å². The fourth-order valence-electron chi connectivity index (χ4n) is 3.18. The molecule has 0 aliphatic carbocycles. The van der Waals surface area contributed by atoms with Crippen LogP contribution in [0, 0.1) is 17.1 Å². The number of sulfonamides is 1. The molecule has 0 aliphatic heterocycles. The van der Waals surface area contributed by atoms with Gasteiger partial charge >= 0.3 is 0 Å². The maximum atomic E-state index is 14.6. The minimum absolute atomic E-state index is 0.0377. The number of halogens is 2. The first kappa shape index (κ1) is 26.2. The smallest absolute Gasteiger partial charge is 0.264 e. The summed E-state index contributed by atoms with van der Waals surface area (Å²) in [6.45, 7) is 2.59. The molecule has 3 aromatic carbocycles. The van der Waals surface area contributed by atoms with Gasteiger partial charge in [-0.05, 0) is 67.9 Å². The molecule has 0 saturated carbocycles. The van der Waals surface area contributed by atoms with E-state index >= 15 is 0 Å². The topological polar surface area (TPSA) is 110 Å². The number of nitrogens with zero attached hydrogens (tertiary/aromatic N) is 2. The Hall–Kier alpha value is -3.45. The van der Waals surface area contributed by atoms with Crippen LogP contribution in [0.4, 0.5) is 10.1 Å². The van der Waals surface area contributed by atoms with Crippen molar-refractivity contribution in [1.82, 2.24) is 5.32 Å². The van der Waals surface area contributed by atoms with Gasteiger partial charge in [0.15, 0.2) is 0 Å². The van der Waals surface area contributed by atoms with Crippen LogP contribution in [0.3, 0.4) is 0 Å². The first-order valence-corrected chi connectivity index (χ1v) is 12.3. The summed E-state index contributed by atoms with van der Waals surface area (Å²) in [7, 11) is -4.24. The number of aliphatic hydroxyl groups is 1. The van der Waals surface area contributed by atoms with E-state index in [-0.39, 0.29) is 34.9 Å². The van der Waals surface area contributed by atoms with E-state index < -0.39 is 27.3 Å². The molecule has 0 heterocycles. The Bertz CT molecular complexity index is 1390. The fraction of sp³-hybridized carbons (Fsp3) is 0.200. The van der Waals surface area contributed by atoms with Gasteiger partial charge in [0.2, 0.25) is 0 Å². The number of hydrogen-bond donors (Lipinski definition) is 2. The van der Waals surface area contributed by atoms with Gasteiger partial charge in [-0.25, -0.2) is 12.8 Å². The Morgan fingerprint density at radius 1 is 1.14 bits per heavy atom. The summed E-state index contributed by atoms with van der Waals surface area (Å²) in [5, 5.41) is 21.6. The molecule has 3 rings (SSSR count). The van der Waals surface area contributed by atoms with Crippen molar-refractivity contribution in [2.45, 2.75) is 30.8 Å². The summed E-state index contributed by atoms with van der Waals surface area (Å²) in [6, 6.07) is 17.4. The number of anilines is 1. The number of amides is 1. The zero-order chi connectivity index (χ0) is 25.8. The van der Waals surface area contributed by atoms with E-state index in [4.69, 9.17) is 11.6 Å². The molecule has 0 fully saturated rings. The van der Waals surface area contributed by atoms with Gasteiger partial charge in [-0.1, -0.05) is 29.8 Å². The highest BCUT2D eigenvalue weighted by molar-refractivity contribution is 7.92. The summed E-state index contributed by atoms with van der Waals surface area (Å²) >= 11 is 5.96. The number of rotatable bonds is 8. The van der Waals surface area contributed by atoms with Crippen molar-refractivity contribution in [3.8, 4) is 6.07 Å². The van der Waals surface area contributed by atoms with Crippen molar-refractivity contribution in [3.05, 3.63) is 94.3 Å². The molecular weight excluding hydrogens is 493 g/mol. The number of nitrogens with one attached hydrogen (secondary N) is 1. The number of nitriles is 1. The Balaban J connectivity index is 2.13. The van der Waals surface area contributed by atoms with E-state index in [2.05, 4.69) is 5.32 Å². The van der Waals surface area contributed by atoms with E-state index in [0.717, 1.165) is 16.4 Å². The molecule has 10 heteroatoms. The molecule has 0 spiro atoms. The molecule has 0 atom stereocenters. The summed E-state index contributed by atoms with van der Waals surface area (Å²) < 4.78 is 43.0. The van der Waals surface area contributed by atoms with E-state index in [9.17, 15) is 28.0 Å². The highest BCUT2D eigenvalue weighted by Crippen LogP contribution is 2.29. The highest BCUT2D eigenvalue weighted by Gasteiger charge is 2.28. The Morgan fingerprint density at radius 2 is 1.83 bits per heavy atom. The Kier molecular flexibility index (Phi) is 7.80. The number of carbonyl (C=O) groups excluding carboxylic acids is 1. The summed E-state index contributed by atoms with van der Waals surface area (Å²) in [5.41, 5.74) is -0.623. The molecule has 0 aliphatic rings. The molecule has 7 nitrogen and oxygen atoms in total. The van der Waals surface area contributed by atoms with Crippen LogP contribution in [0.25, 0.3) is 0 Å². The van der Waals surface area contributed by atoms with Crippen molar-refractivity contribution < 1.29 is 22.7 Å². The zero-order valence-corrected chi connectivity index (χ0v) is 20.6. The van der Waals surface area contributed by atoms with Gasteiger partial charge in [0.05, 0.1) is 46.5 Å². The van der Waals surface area contributed by atoms with E-state index in [1.165, 1.54) is 30.3 Å². The Labute approximate surface area is 208 Å². The first-order chi connectivity index (χ1) is 16.5. The number of aliphatic hydroxyl groups excluding tert-OH is 1. The van der Waals surface area contributed by atoms with Crippen molar-refractivity contribution in [2.24, 2.45) is 0 Å². The Morgan fingerprint density at radius 3 is 2.46 bits per heavy atom. The predicted octanol–water partition coefficient (Wildman–Crippen LogP) is 4.25. The van der Waals surface area contributed by atoms with Crippen LogP contribution >= 0.6 is 11.6 Å². The molecule has 2 N–H and O–H groups in total. The van der Waals surface area contributed by atoms with Gasteiger partial charge in [-0.15, -0.1) is 0 Å². The predicted molar refractivity (Wildman–Crippen MR) is 131 cm³/mol.